The van der Waals surface area contributed by atoms with Gasteiger partial charge in [0.15, 0.2) is 17.3 Å². The van der Waals surface area contributed by atoms with Gasteiger partial charge in [-0.25, -0.2) is 18.6 Å². The van der Waals surface area contributed by atoms with Crippen LogP contribution in [0.25, 0.3) is 22.2 Å². The van der Waals surface area contributed by atoms with Crippen molar-refractivity contribution >= 4 is 40.1 Å². The van der Waals surface area contributed by atoms with Crippen LogP contribution in [0, 0.1) is 11.6 Å². The predicted molar refractivity (Wildman–Crippen MR) is 92.1 cm³/mol. The summed E-state index contributed by atoms with van der Waals surface area (Å²) in [7, 11) is 1.09. The van der Waals surface area contributed by atoms with E-state index in [0.717, 1.165) is 11.7 Å². The van der Waals surface area contributed by atoms with Crippen LogP contribution in [0.5, 0.6) is 0 Å². The molecular formula is C17H12ClF2N3O3. The molecule has 1 aromatic carbocycles. The molecule has 26 heavy (non-hydrogen) atoms. The molecule has 3 aromatic rings. The van der Waals surface area contributed by atoms with Crippen LogP contribution in [0.15, 0.2) is 24.4 Å². The molecule has 0 aliphatic heterocycles. The van der Waals surface area contributed by atoms with Gasteiger partial charge in [0, 0.05) is 24.1 Å². The van der Waals surface area contributed by atoms with Crippen molar-refractivity contribution in [3.05, 3.63) is 46.7 Å². The summed E-state index contributed by atoms with van der Waals surface area (Å²) in [4.78, 5) is 27.3. The van der Waals surface area contributed by atoms with Crippen LogP contribution in [0.4, 0.5) is 14.5 Å². The Hall–Kier alpha value is -3.00. The fraction of sp³-hybridized carbons (Fsp3) is 0.118. The molecule has 0 unspecified atom stereocenters. The molecule has 0 saturated carbocycles. The van der Waals surface area contributed by atoms with Crippen LogP contribution in [0.3, 0.4) is 0 Å². The molecule has 0 aliphatic rings. The van der Waals surface area contributed by atoms with Crippen LogP contribution in [-0.4, -0.2) is 28.5 Å². The normalized spacial score (nSPS) is 11.0. The lowest BCUT2D eigenvalue weighted by Crippen LogP contribution is -2.11. The molecule has 0 fully saturated rings. The zero-order valence-corrected chi connectivity index (χ0v) is 14.4. The topological polar surface area (TPSA) is 87.2 Å². The largest absolute Gasteiger partial charge is 0.464 e. The zero-order valence-electron chi connectivity index (χ0n) is 13.6. The number of hydrogen-bond acceptors (Lipinski definition) is 5. The molecule has 0 radical (unpaired) electrons. The molecule has 134 valence electrons. The van der Waals surface area contributed by atoms with Gasteiger partial charge < -0.3 is 10.5 Å². The van der Waals surface area contributed by atoms with Crippen LogP contribution in [0.1, 0.15) is 22.2 Å². The van der Waals surface area contributed by atoms with Crippen molar-refractivity contribution in [2.24, 2.45) is 0 Å². The summed E-state index contributed by atoms with van der Waals surface area (Å²) in [5.74, 6) is -3.33. The number of aromatic nitrogens is 2. The third-order valence-electron chi connectivity index (χ3n) is 3.88. The maximum atomic E-state index is 15.1. The number of fused-ring (bicyclic) bond motifs is 1. The molecule has 0 saturated heterocycles. The van der Waals surface area contributed by atoms with Crippen LogP contribution < -0.4 is 5.73 Å². The highest BCUT2D eigenvalue weighted by atomic mass is 35.5. The Kier molecular flexibility index (Phi) is 4.37. The van der Waals surface area contributed by atoms with Gasteiger partial charge in [0.05, 0.1) is 23.3 Å². The molecule has 6 nitrogen and oxygen atoms in total. The van der Waals surface area contributed by atoms with Crippen LogP contribution >= 0.6 is 11.6 Å². The van der Waals surface area contributed by atoms with Gasteiger partial charge >= 0.3 is 5.97 Å². The van der Waals surface area contributed by atoms with Crippen molar-refractivity contribution in [1.82, 2.24) is 9.55 Å². The minimum Gasteiger partial charge on any atom is -0.464 e. The number of carbonyl (C=O) groups is 2. The van der Waals surface area contributed by atoms with E-state index in [2.05, 4.69) is 9.72 Å². The third-order valence-corrected chi connectivity index (χ3v) is 4.26. The first-order valence-electron chi connectivity index (χ1n) is 7.31. The standard InChI is InChI=1S/C17H12ClF2N3O3/c1-7(24)23-6-5-8-3-4-9(11(19)16(8)23)14-12(20)13(21)10(18)15(22-14)17(25)26-2/h3-6H,1-2H3,(H2,21,22). The van der Waals surface area contributed by atoms with Crippen LogP contribution in [0.2, 0.25) is 5.02 Å². The summed E-state index contributed by atoms with van der Waals surface area (Å²) in [6, 6.07) is 4.32. The lowest BCUT2D eigenvalue weighted by Gasteiger charge is -2.12. The van der Waals surface area contributed by atoms with E-state index in [-0.39, 0.29) is 11.1 Å². The summed E-state index contributed by atoms with van der Waals surface area (Å²) in [6.07, 6.45) is 1.40. The van der Waals surface area contributed by atoms with E-state index in [4.69, 9.17) is 17.3 Å². The van der Waals surface area contributed by atoms with Crippen molar-refractivity contribution < 1.29 is 23.1 Å². The van der Waals surface area contributed by atoms with E-state index in [1.54, 1.807) is 6.07 Å². The number of anilines is 1. The molecule has 0 amide bonds. The second kappa shape index (κ2) is 6.38. The Morgan fingerprint density at radius 3 is 2.54 bits per heavy atom. The summed E-state index contributed by atoms with van der Waals surface area (Å²) in [6.45, 7) is 1.26. The number of hydrogen-bond donors (Lipinski definition) is 1. The fourth-order valence-corrected chi connectivity index (χ4v) is 2.81. The Morgan fingerprint density at radius 1 is 1.23 bits per heavy atom. The molecule has 9 heteroatoms. The van der Waals surface area contributed by atoms with E-state index in [1.165, 1.54) is 25.3 Å². The van der Waals surface area contributed by atoms with Crippen molar-refractivity contribution in [3.63, 3.8) is 0 Å². The van der Waals surface area contributed by atoms with Gasteiger partial charge in [-0.3, -0.25) is 9.36 Å². The number of nitrogens with two attached hydrogens (primary N) is 1. The minimum absolute atomic E-state index is 0.0376. The van der Waals surface area contributed by atoms with Gasteiger partial charge in [0.2, 0.25) is 5.91 Å². The van der Waals surface area contributed by atoms with Gasteiger partial charge in [-0.2, -0.15) is 0 Å². The van der Waals surface area contributed by atoms with E-state index < -0.39 is 45.6 Å². The number of rotatable bonds is 2. The molecule has 2 heterocycles. The number of carbonyl (C=O) groups excluding carboxylic acids is 2. The monoisotopic (exact) mass is 379 g/mol. The molecule has 0 spiro atoms. The average molecular weight is 380 g/mol. The average Bonchev–Trinajstić information content (AvgIpc) is 3.05. The molecule has 3 rings (SSSR count). The number of halogens is 3. The highest BCUT2D eigenvalue weighted by Crippen LogP contribution is 2.35. The number of ether oxygens (including phenoxy) is 1. The first-order valence-corrected chi connectivity index (χ1v) is 7.69. The van der Waals surface area contributed by atoms with Crippen molar-refractivity contribution in [2.45, 2.75) is 6.92 Å². The van der Waals surface area contributed by atoms with Gasteiger partial charge in [0.1, 0.15) is 5.69 Å². The summed E-state index contributed by atoms with van der Waals surface area (Å²) >= 11 is 5.84. The number of nitrogens with zero attached hydrogens (tertiary/aromatic N) is 2. The van der Waals surface area contributed by atoms with Crippen molar-refractivity contribution in [1.29, 1.82) is 0 Å². The molecule has 0 atom stereocenters. The van der Waals surface area contributed by atoms with Gasteiger partial charge in [-0.1, -0.05) is 17.7 Å². The maximum Gasteiger partial charge on any atom is 0.358 e. The lowest BCUT2D eigenvalue weighted by atomic mass is 10.1. The van der Waals surface area contributed by atoms with E-state index in [1.807, 2.05) is 0 Å². The third kappa shape index (κ3) is 2.59. The van der Waals surface area contributed by atoms with E-state index in [9.17, 15) is 14.0 Å². The summed E-state index contributed by atoms with van der Waals surface area (Å²) < 4.78 is 35.3. The van der Waals surface area contributed by atoms with Gasteiger partial charge in [-0.15, -0.1) is 0 Å². The Labute approximate surface area is 151 Å². The van der Waals surface area contributed by atoms with E-state index in [0.29, 0.717) is 5.39 Å². The molecule has 2 N–H and O–H groups in total. The number of esters is 1. The maximum absolute atomic E-state index is 15.1. The first-order chi connectivity index (χ1) is 12.3. The van der Waals surface area contributed by atoms with Crippen molar-refractivity contribution in [3.8, 4) is 11.3 Å². The second-order valence-corrected chi connectivity index (χ2v) is 5.79. The SMILES string of the molecule is COC(=O)c1nc(-c2ccc3ccn(C(C)=O)c3c2F)c(F)c(N)c1Cl. The summed E-state index contributed by atoms with van der Waals surface area (Å²) in [5.41, 5.74) is 3.78. The molecule has 2 aromatic heterocycles. The number of pyridine rings is 1. The molecule has 0 bridgehead atoms. The minimum atomic E-state index is -1.08. The Bertz CT molecular complexity index is 1080. The zero-order chi connectivity index (χ0) is 19.2. The molecular weight excluding hydrogens is 368 g/mol. The van der Waals surface area contributed by atoms with Crippen molar-refractivity contribution in [2.75, 3.05) is 12.8 Å². The highest BCUT2D eigenvalue weighted by Gasteiger charge is 2.25. The Balaban J connectivity index is 2.35. The highest BCUT2D eigenvalue weighted by molar-refractivity contribution is 6.35. The fourth-order valence-electron chi connectivity index (χ4n) is 2.61. The van der Waals surface area contributed by atoms with Gasteiger partial charge in [-0.05, 0) is 12.1 Å². The Morgan fingerprint density at radius 2 is 1.92 bits per heavy atom. The number of benzene rings is 1. The second-order valence-electron chi connectivity index (χ2n) is 5.41. The number of nitrogen functional groups attached to an aromatic ring is 1. The van der Waals surface area contributed by atoms with Crippen LogP contribution in [-0.2, 0) is 4.74 Å². The lowest BCUT2D eigenvalue weighted by molar-refractivity contribution is 0.0594. The smallest absolute Gasteiger partial charge is 0.358 e. The van der Waals surface area contributed by atoms with Gasteiger partial charge in [0.25, 0.3) is 0 Å². The quantitative estimate of drug-likeness (QED) is 0.686. The molecule has 0 aliphatic carbocycles. The predicted octanol–water partition coefficient (Wildman–Crippen LogP) is 3.66. The number of methoxy groups -OCH3 is 1. The summed E-state index contributed by atoms with van der Waals surface area (Å²) in [5, 5.41) is 0.0173. The van der Waals surface area contributed by atoms with E-state index >= 15 is 4.39 Å². The first kappa shape index (κ1) is 17.8.